The zero-order chi connectivity index (χ0) is 13.9. The first-order valence-corrected chi connectivity index (χ1v) is 6.92. The van der Waals surface area contributed by atoms with Crippen molar-refractivity contribution in [1.82, 2.24) is 9.97 Å². The first-order valence-electron chi connectivity index (χ1n) is 6.04. The van der Waals surface area contributed by atoms with Crippen LogP contribution in [0.2, 0.25) is 0 Å². The molecule has 0 fully saturated rings. The van der Waals surface area contributed by atoms with E-state index in [1.807, 2.05) is 36.6 Å². The lowest BCUT2D eigenvalue weighted by atomic mass is 10.3. The van der Waals surface area contributed by atoms with Crippen LogP contribution in [0.5, 0.6) is 5.75 Å². The molecule has 0 saturated heterocycles. The van der Waals surface area contributed by atoms with Gasteiger partial charge in [-0.05, 0) is 19.1 Å². The molecule has 2 aromatic heterocycles. The van der Waals surface area contributed by atoms with Gasteiger partial charge in [0.15, 0.2) is 17.3 Å². The van der Waals surface area contributed by atoms with Crippen molar-refractivity contribution in [3.05, 3.63) is 41.7 Å². The zero-order valence-corrected chi connectivity index (χ0v) is 11.9. The molecule has 0 aliphatic rings. The van der Waals surface area contributed by atoms with Gasteiger partial charge in [-0.15, -0.1) is 11.3 Å². The number of aromatic nitrogens is 2. The Labute approximate surface area is 120 Å². The van der Waals surface area contributed by atoms with Crippen LogP contribution in [0.3, 0.4) is 0 Å². The molecular weight excluding hydrogens is 274 g/mol. The quantitative estimate of drug-likeness (QED) is 0.789. The highest BCUT2D eigenvalue weighted by Gasteiger charge is 2.12. The summed E-state index contributed by atoms with van der Waals surface area (Å²) in [5, 5.41) is 5.96. The molecule has 0 bridgehead atoms. The molecule has 0 saturated carbocycles. The Morgan fingerprint density at radius 1 is 1.30 bits per heavy atom. The molecule has 2 heterocycles. The van der Waals surface area contributed by atoms with Crippen LogP contribution < -0.4 is 10.1 Å². The van der Waals surface area contributed by atoms with Crippen LogP contribution in [0.25, 0.3) is 11.5 Å². The summed E-state index contributed by atoms with van der Waals surface area (Å²) < 4.78 is 10.6. The van der Waals surface area contributed by atoms with Gasteiger partial charge in [0, 0.05) is 5.38 Å². The number of anilines is 2. The molecular formula is C14H13N3O2S. The van der Waals surface area contributed by atoms with Crippen LogP contribution in [0.15, 0.2) is 40.5 Å². The maximum absolute atomic E-state index is 5.34. The second-order valence-corrected chi connectivity index (χ2v) is 4.99. The Balaban J connectivity index is 1.86. The lowest BCUT2D eigenvalue weighted by Crippen LogP contribution is -1.93. The maximum Gasteiger partial charge on any atom is 0.187 e. The molecule has 0 radical (unpaired) electrons. The number of methoxy groups -OCH3 is 1. The molecule has 102 valence electrons. The number of ether oxygens (including phenoxy) is 1. The minimum Gasteiger partial charge on any atom is -0.495 e. The summed E-state index contributed by atoms with van der Waals surface area (Å²) in [5.41, 5.74) is 2.49. The standard InChI is InChI=1S/C14H13N3O2S/c1-9-13(19-8-15-9)11-7-20-14(17-11)16-10-5-3-4-6-12(10)18-2/h3-8H,1-2H3,(H,16,17). The Morgan fingerprint density at radius 2 is 2.15 bits per heavy atom. The lowest BCUT2D eigenvalue weighted by molar-refractivity contribution is 0.417. The second-order valence-electron chi connectivity index (χ2n) is 4.13. The number of rotatable bonds is 4. The van der Waals surface area contributed by atoms with Crippen molar-refractivity contribution in [1.29, 1.82) is 0 Å². The van der Waals surface area contributed by atoms with Crippen LogP contribution in [-0.4, -0.2) is 17.1 Å². The summed E-state index contributed by atoms with van der Waals surface area (Å²) in [4.78, 5) is 8.57. The molecule has 0 amide bonds. The van der Waals surface area contributed by atoms with E-state index in [0.717, 1.165) is 28.0 Å². The van der Waals surface area contributed by atoms with Crippen LogP contribution in [0.4, 0.5) is 10.8 Å². The van der Waals surface area contributed by atoms with E-state index >= 15 is 0 Å². The summed E-state index contributed by atoms with van der Waals surface area (Å²) in [6.45, 7) is 1.89. The van der Waals surface area contributed by atoms with Gasteiger partial charge in [-0.1, -0.05) is 12.1 Å². The number of nitrogens with one attached hydrogen (secondary N) is 1. The van der Waals surface area contributed by atoms with Crippen molar-refractivity contribution >= 4 is 22.2 Å². The monoisotopic (exact) mass is 287 g/mol. The molecule has 6 heteroatoms. The molecule has 3 rings (SSSR count). The smallest absolute Gasteiger partial charge is 0.187 e. The molecule has 0 aliphatic heterocycles. The van der Waals surface area contributed by atoms with E-state index in [-0.39, 0.29) is 0 Å². The van der Waals surface area contributed by atoms with Gasteiger partial charge in [0.1, 0.15) is 11.4 Å². The van der Waals surface area contributed by atoms with E-state index in [1.54, 1.807) is 7.11 Å². The molecule has 1 aromatic carbocycles. The van der Waals surface area contributed by atoms with Crippen LogP contribution >= 0.6 is 11.3 Å². The third kappa shape index (κ3) is 2.37. The van der Waals surface area contributed by atoms with Crippen molar-refractivity contribution < 1.29 is 9.15 Å². The van der Waals surface area contributed by atoms with Gasteiger partial charge < -0.3 is 14.5 Å². The predicted octanol–water partition coefficient (Wildman–Crippen LogP) is 3.86. The fourth-order valence-electron chi connectivity index (χ4n) is 1.85. The number of oxazole rings is 1. The molecule has 20 heavy (non-hydrogen) atoms. The molecule has 0 unspecified atom stereocenters. The minimum atomic E-state index is 0.703. The highest BCUT2D eigenvalue weighted by molar-refractivity contribution is 7.14. The van der Waals surface area contributed by atoms with Crippen LogP contribution in [0.1, 0.15) is 5.69 Å². The van der Waals surface area contributed by atoms with E-state index in [1.165, 1.54) is 17.7 Å². The topological polar surface area (TPSA) is 60.2 Å². The normalized spacial score (nSPS) is 10.5. The minimum absolute atomic E-state index is 0.703. The third-order valence-corrected chi connectivity index (χ3v) is 3.59. The van der Waals surface area contributed by atoms with E-state index < -0.39 is 0 Å². The lowest BCUT2D eigenvalue weighted by Gasteiger charge is -2.07. The first kappa shape index (κ1) is 12.7. The number of para-hydroxylation sites is 2. The summed E-state index contributed by atoms with van der Waals surface area (Å²) in [6.07, 6.45) is 1.43. The maximum atomic E-state index is 5.34. The number of hydrogen-bond donors (Lipinski definition) is 1. The van der Waals surface area contributed by atoms with Gasteiger partial charge in [0.25, 0.3) is 0 Å². The molecule has 1 N–H and O–H groups in total. The van der Waals surface area contributed by atoms with Gasteiger partial charge in [0.2, 0.25) is 0 Å². The highest BCUT2D eigenvalue weighted by atomic mass is 32.1. The summed E-state index contributed by atoms with van der Waals surface area (Å²) in [6, 6.07) is 7.71. The highest BCUT2D eigenvalue weighted by Crippen LogP contribution is 2.31. The number of thiazole rings is 1. The Bertz CT molecular complexity index is 721. The molecule has 5 nitrogen and oxygen atoms in total. The summed E-state index contributed by atoms with van der Waals surface area (Å²) in [7, 11) is 1.64. The number of hydrogen-bond acceptors (Lipinski definition) is 6. The van der Waals surface area contributed by atoms with Gasteiger partial charge in [-0.3, -0.25) is 0 Å². The number of aryl methyl sites for hydroxylation is 1. The van der Waals surface area contributed by atoms with Crippen molar-refractivity contribution in [3.8, 4) is 17.2 Å². The van der Waals surface area contributed by atoms with Crippen molar-refractivity contribution in [2.75, 3.05) is 12.4 Å². The SMILES string of the molecule is COc1ccccc1Nc1nc(-c2ocnc2C)cs1. The number of benzene rings is 1. The number of nitrogens with zero attached hydrogens (tertiary/aromatic N) is 2. The fourth-order valence-corrected chi connectivity index (χ4v) is 2.55. The van der Waals surface area contributed by atoms with E-state index in [2.05, 4.69) is 15.3 Å². The van der Waals surface area contributed by atoms with Crippen molar-refractivity contribution in [2.24, 2.45) is 0 Å². The van der Waals surface area contributed by atoms with E-state index in [9.17, 15) is 0 Å². The van der Waals surface area contributed by atoms with Gasteiger partial charge in [-0.25, -0.2) is 9.97 Å². The van der Waals surface area contributed by atoms with Crippen LogP contribution in [-0.2, 0) is 0 Å². The van der Waals surface area contributed by atoms with E-state index in [0.29, 0.717) is 5.76 Å². The van der Waals surface area contributed by atoms with Crippen LogP contribution in [0, 0.1) is 6.92 Å². The molecule has 0 spiro atoms. The van der Waals surface area contributed by atoms with Gasteiger partial charge in [0.05, 0.1) is 18.5 Å². The van der Waals surface area contributed by atoms with Crippen molar-refractivity contribution in [3.63, 3.8) is 0 Å². The molecule has 0 atom stereocenters. The second kappa shape index (κ2) is 5.34. The van der Waals surface area contributed by atoms with Crippen molar-refractivity contribution in [2.45, 2.75) is 6.92 Å². The Hall–Kier alpha value is -2.34. The predicted molar refractivity (Wildman–Crippen MR) is 78.6 cm³/mol. The average molecular weight is 287 g/mol. The largest absolute Gasteiger partial charge is 0.495 e. The van der Waals surface area contributed by atoms with Gasteiger partial charge in [-0.2, -0.15) is 0 Å². The summed E-state index contributed by atoms with van der Waals surface area (Å²) in [5.74, 6) is 1.48. The Kier molecular flexibility index (Phi) is 3.39. The van der Waals surface area contributed by atoms with Gasteiger partial charge >= 0.3 is 0 Å². The zero-order valence-electron chi connectivity index (χ0n) is 11.1. The fraction of sp³-hybridized carbons (Fsp3) is 0.143. The summed E-state index contributed by atoms with van der Waals surface area (Å²) >= 11 is 1.50. The van der Waals surface area contributed by atoms with E-state index in [4.69, 9.17) is 9.15 Å². The molecule has 3 aromatic rings. The first-order chi connectivity index (χ1) is 9.78. The third-order valence-electron chi connectivity index (χ3n) is 2.83. The molecule has 0 aliphatic carbocycles. The average Bonchev–Trinajstić information content (AvgIpc) is 3.08. The Morgan fingerprint density at radius 3 is 2.90 bits per heavy atom.